The molecule has 0 saturated heterocycles. The summed E-state index contributed by atoms with van der Waals surface area (Å²) in [5.41, 5.74) is 10.6. The summed E-state index contributed by atoms with van der Waals surface area (Å²) >= 11 is 5.43. The molecule has 0 unspecified atom stereocenters. The normalized spacial score (nSPS) is 9.75. The summed E-state index contributed by atoms with van der Waals surface area (Å²) in [7, 11) is 0. The Morgan fingerprint density at radius 3 is 2.25 bits per heavy atom. The molecule has 0 amide bonds. The Morgan fingerprint density at radius 2 is 1.75 bits per heavy atom. The Morgan fingerprint density at radius 1 is 1.17 bits per heavy atom. The average molecular weight is 189 g/mol. The lowest BCUT2D eigenvalue weighted by Crippen LogP contribution is -2.10. The molecule has 0 aliphatic rings. The van der Waals surface area contributed by atoms with E-state index in [1.807, 2.05) is 0 Å². The highest BCUT2D eigenvalue weighted by Crippen LogP contribution is 2.02. The molecule has 7 heteroatoms. The van der Waals surface area contributed by atoms with Crippen molar-refractivity contribution < 1.29 is 0 Å². The molecular weight excluding hydrogens is 180 g/mol. The number of rotatable bonds is 3. The van der Waals surface area contributed by atoms with Crippen LogP contribution in [0.5, 0.6) is 0 Å². The van der Waals surface area contributed by atoms with E-state index in [4.69, 9.17) is 23.1 Å². The lowest BCUT2D eigenvalue weighted by molar-refractivity contribution is 1.04. The first-order valence-corrected chi connectivity index (χ1v) is 3.82. The molecular formula is C5H9ClN6. The fourth-order valence-electron chi connectivity index (χ4n) is 0.647. The van der Waals surface area contributed by atoms with Crippen molar-refractivity contribution in [3.63, 3.8) is 0 Å². The van der Waals surface area contributed by atoms with Crippen molar-refractivity contribution in [2.75, 3.05) is 29.2 Å². The molecule has 0 spiro atoms. The third-order valence-electron chi connectivity index (χ3n) is 1.05. The van der Waals surface area contributed by atoms with E-state index in [1.165, 1.54) is 0 Å². The Hall–Kier alpha value is -1.30. The summed E-state index contributed by atoms with van der Waals surface area (Å²) in [6, 6.07) is 0. The van der Waals surface area contributed by atoms with E-state index in [9.17, 15) is 0 Å². The van der Waals surface area contributed by atoms with Crippen LogP contribution in [0.4, 0.5) is 17.8 Å². The minimum Gasteiger partial charge on any atom is -0.368 e. The second kappa shape index (κ2) is 3.91. The number of nitrogens with zero attached hydrogens (tertiary/aromatic N) is 3. The molecule has 0 radical (unpaired) electrons. The molecule has 1 aromatic heterocycles. The molecule has 0 atom stereocenters. The van der Waals surface area contributed by atoms with Gasteiger partial charge in [-0.2, -0.15) is 15.0 Å². The van der Waals surface area contributed by atoms with Gasteiger partial charge in [0.1, 0.15) is 0 Å². The van der Waals surface area contributed by atoms with E-state index in [-0.39, 0.29) is 11.9 Å². The Balaban J connectivity index is 2.72. The first-order valence-electron chi connectivity index (χ1n) is 3.29. The molecule has 5 N–H and O–H groups in total. The maximum absolute atomic E-state index is 5.43. The van der Waals surface area contributed by atoms with Crippen molar-refractivity contribution in [3.05, 3.63) is 0 Å². The number of alkyl halides is 1. The lowest BCUT2D eigenvalue weighted by Gasteiger charge is -2.02. The zero-order chi connectivity index (χ0) is 8.97. The van der Waals surface area contributed by atoms with E-state index in [0.717, 1.165) is 0 Å². The smallest absolute Gasteiger partial charge is 0.229 e. The van der Waals surface area contributed by atoms with Gasteiger partial charge in [0, 0.05) is 12.4 Å². The van der Waals surface area contributed by atoms with Crippen molar-refractivity contribution in [1.29, 1.82) is 0 Å². The number of halogens is 1. The van der Waals surface area contributed by atoms with Crippen molar-refractivity contribution in [2.45, 2.75) is 0 Å². The molecule has 6 nitrogen and oxygen atoms in total. The minimum atomic E-state index is 0.0968. The summed E-state index contributed by atoms with van der Waals surface area (Å²) < 4.78 is 0. The molecule has 0 fully saturated rings. The van der Waals surface area contributed by atoms with E-state index >= 15 is 0 Å². The standard InChI is InChI=1S/C5H9ClN6/c6-1-2-9-5-11-3(7)10-4(8)12-5/h1-2H2,(H5,7,8,9,10,11,12). The quantitative estimate of drug-likeness (QED) is 0.562. The van der Waals surface area contributed by atoms with Crippen LogP contribution in [-0.2, 0) is 0 Å². The van der Waals surface area contributed by atoms with Crippen molar-refractivity contribution in [3.8, 4) is 0 Å². The Kier molecular flexibility index (Phi) is 2.87. The molecule has 0 aliphatic carbocycles. The number of nitrogens with two attached hydrogens (primary N) is 2. The fourth-order valence-corrected chi connectivity index (χ4v) is 0.742. The Labute approximate surface area is 74.4 Å². The maximum Gasteiger partial charge on any atom is 0.229 e. The molecule has 66 valence electrons. The van der Waals surface area contributed by atoms with Gasteiger partial charge >= 0.3 is 0 Å². The van der Waals surface area contributed by atoms with Gasteiger partial charge in [0.25, 0.3) is 0 Å². The van der Waals surface area contributed by atoms with Gasteiger partial charge in [-0.3, -0.25) is 0 Å². The number of hydrogen-bond acceptors (Lipinski definition) is 6. The number of aromatic nitrogens is 3. The molecule has 1 aromatic rings. The molecule has 0 bridgehead atoms. The lowest BCUT2D eigenvalue weighted by atomic mass is 10.7. The van der Waals surface area contributed by atoms with Gasteiger partial charge in [-0.15, -0.1) is 11.6 Å². The van der Waals surface area contributed by atoms with Gasteiger partial charge in [-0.25, -0.2) is 0 Å². The van der Waals surface area contributed by atoms with Crippen molar-refractivity contribution >= 4 is 29.4 Å². The van der Waals surface area contributed by atoms with Gasteiger partial charge < -0.3 is 16.8 Å². The minimum absolute atomic E-state index is 0.0968. The molecule has 1 rings (SSSR count). The molecule has 1 heterocycles. The maximum atomic E-state index is 5.43. The number of hydrogen-bond donors (Lipinski definition) is 3. The summed E-state index contributed by atoms with van der Waals surface area (Å²) in [4.78, 5) is 11.2. The van der Waals surface area contributed by atoms with Crippen LogP contribution >= 0.6 is 11.6 Å². The van der Waals surface area contributed by atoms with Crippen LogP contribution in [0.1, 0.15) is 0 Å². The van der Waals surface area contributed by atoms with Crippen molar-refractivity contribution in [1.82, 2.24) is 15.0 Å². The molecule has 0 aliphatic heterocycles. The van der Waals surface area contributed by atoms with Crippen LogP contribution in [-0.4, -0.2) is 27.4 Å². The summed E-state index contributed by atoms with van der Waals surface area (Å²) in [6.45, 7) is 0.560. The highest BCUT2D eigenvalue weighted by atomic mass is 35.5. The van der Waals surface area contributed by atoms with Gasteiger partial charge in [0.05, 0.1) is 0 Å². The van der Waals surface area contributed by atoms with Gasteiger partial charge in [-0.1, -0.05) is 0 Å². The van der Waals surface area contributed by atoms with E-state index in [0.29, 0.717) is 18.4 Å². The zero-order valence-electron chi connectivity index (χ0n) is 6.29. The average Bonchev–Trinajstić information content (AvgIpc) is 1.99. The Bertz CT molecular complexity index is 244. The van der Waals surface area contributed by atoms with Crippen LogP contribution in [0, 0.1) is 0 Å². The molecule has 12 heavy (non-hydrogen) atoms. The first kappa shape index (κ1) is 8.79. The predicted octanol–water partition coefficient (Wildman–Crippen LogP) is -0.313. The van der Waals surface area contributed by atoms with Gasteiger partial charge in [0.15, 0.2) is 0 Å². The van der Waals surface area contributed by atoms with E-state index in [2.05, 4.69) is 20.3 Å². The summed E-state index contributed by atoms with van der Waals surface area (Å²) in [5, 5.41) is 2.82. The summed E-state index contributed by atoms with van der Waals surface area (Å²) in [6.07, 6.45) is 0. The second-order valence-corrected chi connectivity index (χ2v) is 2.37. The van der Waals surface area contributed by atoms with Crippen LogP contribution < -0.4 is 16.8 Å². The number of anilines is 3. The van der Waals surface area contributed by atoms with Gasteiger partial charge in [-0.05, 0) is 0 Å². The molecule has 0 aromatic carbocycles. The zero-order valence-corrected chi connectivity index (χ0v) is 7.04. The van der Waals surface area contributed by atoms with Crippen LogP contribution in [0.25, 0.3) is 0 Å². The third kappa shape index (κ3) is 2.39. The monoisotopic (exact) mass is 188 g/mol. The number of nitrogen functional groups attached to an aromatic ring is 2. The number of nitrogens with one attached hydrogen (secondary N) is 1. The van der Waals surface area contributed by atoms with Crippen LogP contribution in [0.3, 0.4) is 0 Å². The SMILES string of the molecule is Nc1nc(N)nc(NCCCl)n1. The van der Waals surface area contributed by atoms with Crippen LogP contribution in [0.2, 0.25) is 0 Å². The highest BCUT2D eigenvalue weighted by molar-refractivity contribution is 6.18. The van der Waals surface area contributed by atoms with E-state index in [1.54, 1.807) is 0 Å². The topological polar surface area (TPSA) is 103 Å². The van der Waals surface area contributed by atoms with Crippen LogP contribution in [0.15, 0.2) is 0 Å². The molecule has 0 saturated carbocycles. The predicted molar refractivity (Wildman–Crippen MR) is 47.9 cm³/mol. The summed E-state index contributed by atoms with van der Waals surface area (Å²) in [5.74, 6) is 1.01. The van der Waals surface area contributed by atoms with E-state index < -0.39 is 0 Å². The third-order valence-corrected chi connectivity index (χ3v) is 1.24. The highest BCUT2D eigenvalue weighted by Gasteiger charge is 1.99. The largest absolute Gasteiger partial charge is 0.368 e. The second-order valence-electron chi connectivity index (χ2n) is 1.99. The van der Waals surface area contributed by atoms with Crippen molar-refractivity contribution in [2.24, 2.45) is 0 Å². The first-order chi connectivity index (χ1) is 5.72. The fraction of sp³-hybridized carbons (Fsp3) is 0.400. The van der Waals surface area contributed by atoms with Gasteiger partial charge in [0.2, 0.25) is 17.8 Å².